The minimum absolute atomic E-state index is 0.130. The first-order valence-corrected chi connectivity index (χ1v) is 15.4. The summed E-state index contributed by atoms with van der Waals surface area (Å²) in [7, 11) is 4.05. The summed E-state index contributed by atoms with van der Waals surface area (Å²) in [4.78, 5) is 21.6. The second kappa shape index (κ2) is 13.0. The van der Waals surface area contributed by atoms with Gasteiger partial charge in [-0.25, -0.2) is 23.1 Å². The van der Waals surface area contributed by atoms with Crippen LogP contribution < -0.4 is 0 Å². The van der Waals surface area contributed by atoms with Crippen LogP contribution in [0.25, 0.3) is 50.4 Å². The fraction of sp³-hybridized carbons (Fsp3) is 0.314. The number of alkyl halides is 2. The summed E-state index contributed by atoms with van der Waals surface area (Å²) in [5.74, 6) is -2.46. The molecule has 1 saturated heterocycles. The van der Waals surface area contributed by atoms with Crippen molar-refractivity contribution in [2.75, 3.05) is 40.3 Å². The van der Waals surface area contributed by atoms with Crippen molar-refractivity contribution in [2.45, 2.75) is 32.1 Å². The summed E-state index contributed by atoms with van der Waals surface area (Å²) < 4.78 is 42.3. The molecule has 0 saturated carbocycles. The number of nitrogens with zero attached hydrogens (tertiary/aromatic N) is 6. The second-order valence-corrected chi connectivity index (χ2v) is 12.0. The number of aromatic nitrogens is 6. The van der Waals surface area contributed by atoms with Crippen molar-refractivity contribution in [1.29, 1.82) is 0 Å². The van der Waals surface area contributed by atoms with Gasteiger partial charge in [0.2, 0.25) is 0 Å². The first-order chi connectivity index (χ1) is 22.1. The van der Waals surface area contributed by atoms with E-state index in [0.717, 1.165) is 47.1 Å². The number of hydrogen-bond acceptors (Lipinski definition) is 6. The van der Waals surface area contributed by atoms with Gasteiger partial charge >= 0.3 is 0 Å². The number of H-pyrrole nitrogens is 2. The van der Waals surface area contributed by atoms with Gasteiger partial charge in [-0.15, -0.1) is 0 Å². The molecule has 1 aliphatic rings. The molecule has 1 aromatic carbocycles. The quantitative estimate of drug-likeness (QED) is 0.153. The van der Waals surface area contributed by atoms with Gasteiger partial charge in [-0.1, -0.05) is 18.7 Å². The SMILES string of the molecule is C=C/C(=C\C(=C/C)c1ccc2[nH]nc(-c3nc4c(-c5cc(F)cc(CCCN(C)C)c5)nccc4[nH]3)c2n1)CN1CCC(F)(F)C1. The molecule has 0 atom stereocenters. The minimum atomic E-state index is -2.65. The van der Waals surface area contributed by atoms with Gasteiger partial charge in [-0.05, 0) is 99.6 Å². The number of imidazole rings is 1. The van der Waals surface area contributed by atoms with Crippen LogP contribution in [0.3, 0.4) is 0 Å². The smallest absolute Gasteiger partial charge is 0.261 e. The number of halogens is 3. The Morgan fingerprint density at radius 1 is 1.09 bits per heavy atom. The van der Waals surface area contributed by atoms with Gasteiger partial charge in [0.15, 0.2) is 11.5 Å². The third-order valence-corrected chi connectivity index (χ3v) is 8.20. The van der Waals surface area contributed by atoms with E-state index >= 15 is 0 Å². The third kappa shape index (κ3) is 6.80. The van der Waals surface area contributed by atoms with E-state index in [9.17, 15) is 13.2 Å². The molecule has 46 heavy (non-hydrogen) atoms. The Kier molecular flexibility index (Phi) is 8.88. The van der Waals surface area contributed by atoms with E-state index in [4.69, 9.17) is 9.97 Å². The Hall–Kier alpha value is -4.61. The lowest BCUT2D eigenvalue weighted by Gasteiger charge is -2.16. The van der Waals surface area contributed by atoms with Crippen molar-refractivity contribution in [2.24, 2.45) is 0 Å². The van der Waals surface area contributed by atoms with E-state index in [1.54, 1.807) is 23.2 Å². The predicted molar refractivity (Wildman–Crippen MR) is 177 cm³/mol. The zero-order valence-electron chi connectivity index (χ0n) is 26.2. The van der Waals surface area contributed by atoms with Crippen LogP contribution in [0.15, 0.2) is 73.0 Å². The number of rotatable bonds is 11. The first-order valence-electron chi connectivity index (χ1n) is 15.4. The first kappa shape index (κ1) is 31.4. The highest BCUT2D eigenvalue weighted by Gasteiger charge is 2.38. The van der Waals surface area contributed by atoms with Crippen molar-refractivity contribution < 1.29 is 13.2 Å². The van der Waals surface area contributed by atoms with Crippen LogP contribution in [0.1, 0.15) is 31.0 Å². The zero-order valence-corrected chi connectivity index (χ0v) is 26.2. The normalized spacial score (nSPS) is 15.9. The fourth-order valence-electron chi connectivity index (χ4n) is 5.89. The molecule has 0 spiro atoms. The average Bonchev–Trinajstić information content (AvgIpc) is 3.74. The molecular weight excluding hydrogens is 589 g/mol. The van der Waals surface area contributed by atoms with Crippen molar-refractivity contribution >= 4 is 27.6 Å². The summed E-state index contributed by atoms with van der Waals surface area (Å²) in [6.45, 7) is 7.21. The number of hydrogen-bond donors (Lipinski definition) is 2. The predicted octanol–water partition coefficient (Wildman–Crippen LogP) is 7.05. The van der Waals surface area contributed by atoms with Gasteiger partial charge in [0.1, 0.15) is 16.9 Å². The highest BCUT2D eigenvalue weighted by molar-refractivity contribution is 5.95. The number of likely N-dealkylation sites (tertiary alicyclic amines) is 1. The second-order valence-electron chi connectivity index (χ2n) is 12.0. The fourth-order valence-corrected chi connectivity index (χ4v) is 5.89. The van der Waals surface area contributed by atoms with Crippen molar-refractivity contribution in [3.8, 4) is 22.8 Å². The standard InChI is InChI=1S/C35H37F3N8/c1-5-22(20-46-15-12-35(37,38)21-46)16-24(6-2)27-9-10-29-32(40-27)33(44-43-29)34-41-28-11-13-39-30(31(28)42-34)25-17-23(18-26(36)19-25)8-7-14-45(3)4/h5-6,9-11,13,16-19H,1,7-8,12,14-15,20-21H2,2-4H3,(H,41,42)(H,43,44)/b22-16+,24-6+. The Bertz CT molecular complexity index is 1950. The number of fused-ring (bicyclic) bond motifs is 2. The molecule has 11 heteroatoms. The van der Waals surface area contributed by atoms with Gasteiger partial charge in [0, 0.05) is 31.3 Å². The molecule has 238 valence electrons. The maximum atomic E-state index is 14.7. The Morgan fingerprint density at radius 2 is 1.91 bits per heavy atom. The lowest BCUT2D eigenvalue weighted by atomic mass is 10.0. The molecule has 0 aliphatic carbocycles. The number of benzene rings is 1. The van der Waals surface area contributed by atoms with Gasteiger partial charge in [-0.2, -0.15) is 5.10 Å². The van der Waals surface area contributed by atoms with Crippen LogP contribution in [-0.4, -0.2) is 86.1 Å². The Morgan fingerprint density at radius 3 is 2.65 bits per heavy atom. The lowest BCUT2D eigenvalue weighted by Crippen LogP contribution is -2.26. The Balaban J connectivity index is 1.32. The molecule has 1 aliphatic heterocycles. The topological polar surface area (TPSA) is 89.6 Å². The number of nitrogens with one attached hydrogen (secondary N) is 2. The van der Waals surface area contributed by atoms with Crippen LogP contribution in [0.2, 0.25) is 0 Å². The van der Waals surface area contributed by atoms with E-state index in [1.165, 1.54) is 6.07 Å². The zero-order chi connectivity index (χ0) is 32.4. The van der Waals surface area contributed by atoms with Crippen molar-refractivity contribution in [3.05, 3.63) is 90.0 Å². The van der Waals surface area contributed by atoms with E-state index in [2.05, 4.69) is 31.6 Å². The molecule has 0 bridgehead atoms. The summed E-state index contributed by atoms with van der Waals surface area (Å²) in [5.41, 5.74) is 7.74. The summed E-state index contributed by atoms with van der Waals surface area (Å²) in [5, 5.41) is 7.57. The molecular formula is C35H37F3N8. The molecule has 4 aromatic heterocycles. The maximum absolute atomic E-state index is 14.7. The summed E-state index contributed by atoms with van der Waals surface area (Å²) >= 11 is 0. The molecule has 8 nitrogen and oxygen atoms in total. The van der Waals surface area contributed by atoms with Gasteiger partial charge in [0.05, 0.1) is 29.0 Å². The van der Waals surface area contributed by atoms with Crippen LogP contribution in [0.4, 0.5) is 13.2 Å². The highest BCUT2D eigenvalue weighted by atomic mass is 19.3. The third-order valence-electron chi connectivity index (χ3n) is 8.20. The molecule has 0 amide bonds. The number of pyridine rings is 2. The largest absolute Gasteiger partial charge is 0.336 e. The van der Waals surface area contributed by atoms with Crippen LogP contribution in [0.5, 0.6) is 0 Å². The highest BCUT2D eigenvalue weighted by Crippen LogP contribution is 2.32. The molecule has 6 rings (SSSR count). The van der Waals surface area contributed by atoms with E-state index < -0.39 is 5.92 Å². The van der Waals surface area contributed by atoms with Gasteiger partial charge < -0.3 is 9.88 Å². The molecule has 1 fully saturated rings. The van der Waals surface area contributed by atoms with Gasteiger partial charge in [0.25, 0.3) is 5.92 Å². The van der Waals surface area contributed by atoms with Crippen molar-refractivity contribution in [3.63, 3.8) is 0 Å². The van der Waals surface area contributed by atoms with Crippen molar-refractivity contribution in [1.82, 2.24) is 39.9 Å². The minimum Gasteiger partial charge on any atom is -0.336 e. The Labute approximate surface area is 265 Å². The number of aryl methyl sites for hydroxylation is 1. The van der Waals surface area contributed by atoms with E-state index in [1.807, 2.05) is 57.4 Å². The van der Waals surface area contributed by atoms with Crippen LogP contribution in [-0.2, 0) is 6.42 Å². The number of allylic oxidation sites excluding steroid dienone is 3. The van der Waals surface area contributed by atoms with E-state index in [-0.39, 0.29) is 18.8 Å². The molecule has 5 aromatic rings. The molecule has 5 heterocycles. The number of aromatic amines is 2. The molecule has 2 N–H and O–H groups in total. The van der Waals surface area contributed by atoms with Crippen LogP contribution in [0, 0.1) is 5.82 Å². The molecule has 0 radical (unpaired) electrons. The average molecular weight is 627 g/mol. The molecule has 0 unspecified atom stereocenters. The monoisotopic (exact) mass is 626 g/mol. The summed E-state index contributed by atoms with van der Waals surface area (Å²) in [6, 6.07) is 10.7. The lowest BCUT2D eigenvalue weighted by molar-refractivity contribution is 0.0131. The van der Waals surface area contributed by atoms with Crippen LogP contribution >= 0.6 is 0 Å². The maximum Gasteiger partial charge on any atom is 0.261 e. The van der Waals surface area contributed by atoms with E-state index in [0.29, 0.717) is 52.6 Å². The van der Waals surface area contributed by atoms with Gasteiger partial charge in [-0.3, -0.25) is 15.0 Å². The summed E-state index contributed by atoms with van der Waals surface area (Å²) in [6.07, 6.45) is 8.79.